The molecule has 0 amide bonds. The summed E-state index contributed by atoms with van der Waals surface area (Å²) in [4.78, 5) is -0.106. The number of nitrogens with one attached hydrogen (secondary N) is 2. The summed E-state index contributed by atoms with van der Waals surface area (Å²) >= 11 is 0. The third-order valence-corrected chi connectivity index (χ3v) is 3.96. The first kappa shape index (κ1) is 11.7. The van der Waals surface area contributed by atoms with Crippen LogP contribution in [0.1, 0.15) is 0 Å². The Morgan fingerprint density at radius 3 is 2.84 bits per heavy atom. The molecule has 0 saturated carbocycles. The molecule has 19 heavy (non-hydrogen) atoms. The number of nitrogens with two attached hydrogens (primary N) is 1. The monoisotopic (exact) mass is 282 g/mol. The lowest BCUT2D eigenvalue weighted by Crippen LogP contribution is -2.13. The quantitative estimate of drug-likeness (QED) is 0.755. The fourth-order valence-electron chi connectivity index (χ4n) is 1.67. The van der Waals surface area contributed by atoms with E-state index in [0.717, 1.165) is 6.20 Å². The molecule has 0 radical (unpaired) electrons. The average molecular weight is 282 g/mol. The van der Waals surface area contributed by atoms with E-state index in [4.69, 9.17) is 15.2 Å². The lowest BCUT2D eigenvalue weighted by Gasteiger charge is -2.07. The molecule has 0 spiro atoms. The molecule has 4 N–H and O–H groups in total. The van der Waals surface area contributed by atoms with Crippen molar-refractivity contribution < 1.29 is 17.9 Å². The van der Waals surface area contributed by atoms with Crippen LogP contribution >= 0.6 is 0 Å². The molecule has 1 aromatic carbocycles. The van der Waals surface area contributed by atoms with Crippen molar-refractivity contribution in [2.24, 2.45) is 0 Å². The normalized spacial score (nSPS) is 13.5. The van der Waals surface area contributed by atoms with Crippen LogP contribution in [-0.4, -0.2) is 25.4 Å². The second-order valence-corrected chi connectivity index (χ2v) is 5.47. The highest BCUT2D eigenvalue weighted by Gasteiger charge is 2.21. The Balaban J connectivity index is 1.91. The molecule has 0 aliphatic carbocycles. The smallest absolute Gasteiger partial charge is 0.267 e. The largest absolute Gasteiger partial charge is 0.454 e. The Kier molecular flexibility index (Phi) is 2.49. The van der Waals surface area contributed by atoms with Gasteiger partial charge in [0, 0.05) is 6.07 Å². The Labute approximate surface area is 108 Å². The number of ether oxygens (including phenoxy) is 2. The Bertz CT molecular complexity index is 725. The maximum absolute atomic E-state index is 12.1. The van der Waals surface area contributed by atoms with E-state index in [2.05, 4.69) is 14.9 Å². The molecule has 1 aromatic heterocycles. The van der Waals surface area contributed by atoms with E-state index in [1.165, 1.54) is 6.07 Å². The molecule has 0 saturated heterocycles. The minimum atomic E-state index is -3.78. The maximum atomic E-state index is 12.1. The van der Waals surface area contributed by atoms with Gasteiger partial charge in [-0.15, -0.1) is 0 Å². The summed E-state index contributed by atoms with van der Waals surface area (Å²) in [6.07, 6.45) is 1.14. The highest BCUT2D eigenvalue weighted by molar-refractivity contribution is 7.92. The molecule has 2 heterocycles. The van der Waals surface area contributed by atoms with Crippen LogP contribution in [0.25, 0.3) is 0 Å². The number of anilines is 2. The van der Waals surface area contributed by atoms with Gasteiger partial charge in [0.05, 0.1) is 11.9 Å². The van der Waals surface area contributed by atoms with Crippen molar-refractivity contribution in [1.29, 1.82) is 0 Å². The molecule has 8 nitrogen and oxygen atoms in total. The average Bonchev–Trinajstić information content (AvgIpc) is 2.96. The number of fused-ring (bicyclic) bond motifs is 1. The fourth-order valence-corrected chi connectivity index (χ4v) is 2.74. The number of hydrogen-bond acceptors (Lipinski definition) is 6. The highest BCUT2D eigenvalue weighted by Crippen LogP contribution is 2.34. The van der Waals surface area contributed by atoms with Crippen molar-refractivity contribution in [3.8, 4) is 11.5 Å². The van der Waals surface area contributed by atoms with Gasteiger partial charge < -0.3 is 15.2 Å². The van der Waals surface area contributed by atoms with E-state index < -0.39 is 10.0 Å². The van der Waals surface area contributed by atoms with E-state index in [-0.39, 0.29) is 17.5 Å². The van der Waals surface area contributed by atoms with Crippen LogP contribution in [0.4, 0.5) is 11.5 Å². The molecule has 0 fully saturated rings. The van der Waals surface area contributed by atoms with Crippen LogP contribution in [-0.2, 0) is 10.0 Å². The van der Waals surface area contributed by atoms with E-state index in [1.807, 2.05) is 0 Å². The second-order valence-electron chi connectivity index (χ2n) is 3.82. The van der Waals surface area contributed by atoms with Gasteiger partial charge in [-0.3, -0.25) is 9.82 Å². The second kappa shape index (κ2) is 4.05. The number of sulfonamides is 1. The molecule has 3 rings (SSSR count). The topological polar surface area (TPSA) is 119 Å². The van der Waals surface area contributed by atoms with Gasteiger partial charge in [-0.05, 0) is 12.1 Å². The number of nitrogen functional groups attached to an aromatic ring is 1. The van der Waals surface area contributed by atoms with E-state index >= 15 is 0 Å². The van der Waals surface area contributed by atoms with E-state index in [0.29, 0.717) is 17.2 Å². The zero-order valence-electron chi connectivity index (χ0n) is 9.58. The predicted octanol–water partition coefficient (Wildman–Crippen LogP) is 0.521. The first-order valence-electron chi connectivity index (χ1n) is 5.27. The molecule has 0 unspecified atom stereocenters. The van der Waals surface area contributed by atoms with E-state index in [9.17, 15) is 8.42 Å². The van der Waals surface area contributed by atoms with Crippen molar-refractivity contribution in [2.75, 3.05) is 17.2 Å². The summed E-state index contributed by atoms with van der Waals surface area (Å²) in [6.45, 7) is 0.125. The summed E-state index contributed by atoms with van der Waals surface area (Å²) in [6, 6.07) is 4.73. The fraction of sp³-hybridized carbons (Fsp3) is 0.100. The lowest BCUT2D eigenvalue weighted by atomic mass is 10.3. The highest BCUT2D eigenvalue weighted by atomic mass is 32.2. The Morgan fingerprint density at radius 2 is 2.11 bits per heavy atom. The molecule has 2 aromatic rings. The van der Waals surface area contributed by atoms with Crippen molar-refractivity contribution in [3.05, 3.63) is 24.4 Å². The minimum Gasteiger partial charge on any atom is -0.454 e. The standard InChI is InChI=1S/C10H10N4O4S/c11-10-9(4-12-13-10)19(15,16)14-6-1-2-7-8(3-6)18-5-17-7/h1-4,14H,5H2,(H3,11,12,13). The van der Waals surface area contributed by atoms with Crippen LogP contribution in [0.2, 0.25) is 0 Å². The zero-order valence-corrected chi connectivity index (χ0v) is 10.4. The van der Waals surface area contributed by atoms with Gasteiger partial charge in [0.1, 0.15) is 10.7 Å². The number of aromatic nitrogens is 2. The van der Waals surface area contributed by atoms with Gasteiger partial charge in [-0.2, -0.15) is 5.10 Å². The van der Waals surface area contributed by atoms with Gasteiger partial charge in [0.25, 0.3) is 10.0 Å². The molecule has 100 valence electrons. The van der Waals surface area contributed by atoms with Gasteiger partial charge in [-0.1, -0.05) is 0 Å². The third-order valence-electron chi connectivity index (χ3n) is 2.55. The molecule has 9 heteroatoms. The van der Waals surface area contributed by atoms with Gasteiger partial charge >= 0.3 is 0 Å². The van der Waals surface area contributed by atoms with Crippen LogP contribution < -0.4 is 19.9 Å². The third kappa shape index (κ3) is 2.03. The number of aromatic amines is 1. The molecule has 1 aliphatic heterocycles. The molecule has 0 atom stereocenters. The van der Waals surface area contributed by atoms with Crippen LogP contribution in [0, 0.1) is 0 Å². The summed E-state index contributed by atoms with van der Waals surface area (Å²) < 4.78 is 36.8. The summed E-state index contributed by atoms with van der Waals surface area (Å²) in [7, 11) is -3.78. The van der Waals surface area contributed by atoms with Crippen LogP contribution in [0.15, 0.2) is 29.3 Å². The van der Waals surface area contributed by atoms with Crippen LogP contribution in [0.5, 0.6) is 11.5 Å². The van der Waals surface area contributed by atoms with Gasteiger partial charge in [0.15, 0.2) is 11.5 Å². The summed E-state index contributed by atoms with van der Waals surface area (Å²) in [5.41, 5.74) is 5.84. The Hall–Kier alpha value is -2.42. The first-order valence-corrected chi connectivity index (χ1v) is 6.76. The molecular weight excluding hydrogens is 272 g/mol. The molecular formula is C10H10N4O4S. The van der Waals surface area contributed by atoms with Gasteiger partial charge in [0.2, 0.25) is 6.79 Å². The maximum Gasteiger partial charge on any atom is 0.267 e. The van der Waals surface area contributed by atoms with Crippen molar-refractivity contribution in [3.63, 3.8) is 0 Å². The molecule has 1 aliphatic rings. The first-order chi connectivity index (χ1) is 9.06. The Morgan fingerprint density at radius 1 is 1.32 bits per heavy atom. The van der Waals surface area contributed by atoms with Crippen molar-refractivity contribution >= 4 is 21.5 Å². The summed E-state index contributed by atoms with van der Waals surface area (Å²) in [5, 5.41) is 5.94. The van der Waals surface area contributed by atoms with Crippen LogP contribution in [0.3, 0.4) is 0 Å². The lowest BCUT2D eigenvalue weighted by molar-refractivity contribution is 0.174. The molecule has 0 bridgehead atoms. The minimum absolute atomic E-state index is 0.0201. The van der Waals surface area contributed by atoms with Gasteiger partial charge in [-0.25, -0.2) is 8.42 Å². The van der Waals surface area contributed by atoms with Crippen molar-refractivity contribution in [1.82, 2.24) is 10.2 Å². The number of nitrogens with zero attached hydrogens (tertiary/aromatic N) is 1. The number of benzene rings is 1. The van der Waals surface area contributed by atoms with Crippen molar-refractivity contribution in [2.45, 2.75) is 4.90 Å². The number of H-pyrrole nitrogens is 1. The summed E-state index contributed by atoms with van der Waals surface area (Å²) in [5.74, 6) is 1.04. The number of hydrogen-bond donors (Lipinski definition) is 3. The van der Waals surface area contributed by atoms with E-state index in [1.54, 1.807) is 12.1 Å². The number of rotatable bonds is 3. The zero-order chi connectivity index (χ0) is 13.5. The SMILES string of the molecule is Nc1[nH]ncc1S(=O)(=O)Nc1ccc2c(c1)OCO2. The predicted molar refractivity (Wildman–Crippen MR) is 66.4 cm³/mol.